The highest BCUT2D eigenvalue weighted by Gasteiger charge is 2.10. The average molecular weight is 262 g/mol. The molecule has 0 radical (unpaired) electrons. The van der Waals surface area contributed by atoms with Crippen molar-refractivity contribution >= 4 is 17.7 Å². The van der Waals surface area contributed by atoms with Gasteiger partial charge in [-0.1, -0.05) is 17.2 Å². The first-order valence-corrected chi connectivity index (χ1v) is 5.27. The second-order valence-corrected chi connectivity index (χ2v) is 3.29. The van der Waals surface area contributed by atoms with E-state index in [-0.39, 0.29) is 18.0 Å². The highest BCUT2D eigenvalue weighted by Crippen LogP contribution is 2.16. The Labute approximate surface area is 108 Å². The van der Waals surface area contributed by atoms with Gasteiger partial charge in [-0.25, -0.2) is 4.79 Å². The zero-order valence-corrected chi connectivity index (χ0v) is 10.0. The number of ether oxygens (including phenoxy) is 1. The van der Waals surface area contributed by atoms with Crippen LogP contribution in [0.2, 0.25) is 0 Å². The Bertz CT molecular complexity index is 576. The van der Waals surface area contributed by atoms with Gasteiger partial charge >= 0.3 is 5.97 Å². The number of carbonyl (C=O) groups is 1. The van der Waals surface area contributed by atoms with Crippen LogP contribution in [-0.2, 0) is 9.53 Å². The Kier molecular flexibility index (Phi) is 5.06. The number of esters is 1. The molecule has 0 heterocycles. The van der Waals surface area contributed by atoms with Crippen molar-refractivity contribution in [2.24, 2.45) is 5.11 Å². The molecule has 0 saturated carbocycles. The fourth-order valence-electron chi connectivity index (χ4n) is 1.27. The van der Waals surface area contributed by atoms with Crippen molar-refractivity contribution in [3.05, 3.63) is 56.1 Å². The molecule has 0 amide bonds. The highest BCUT2D eigenvalue weighted by atomic mass is 16.6. The first kappa shape index (κ1) is 14.2. The summed E-state index contributed by atoms with van der Waals surface area (Å²) >= 11 is 0. The number of benzene rings is 1. The Morgan fingerprint density at radius 2 is 2.37 bits per heavy atom. The van der Waals surface area contributed by atoms with Crippen molar-refractivity contribution in [3.63, 3.8) is 0 Å². The molecule has 19 heavy (non-hydrogen) atoms. The first-order valence-electron chi connectivity index (χ1n) is 5.27. The summed E-state index contributed by atoms with van der Waals surface area (Å²) in [5.41, 5.74) is 8.36. The van der Waals surface area contributed by atoms with Crippen molar-refractivity contribution in [3.8, 4) is 0 Å². The predicted molar refractivity (Wildman–Crippen MR) is 66.9 cm³/mol. The topological polar surface area (TPSA) is 118 Å². The normalized spacial score (nSPS) is 10.5. The van der Waals surface area contributed by atoms with Crippen molar-refractivity contribution in [1.82, 2.24) is 0 Å². The smallest absolute Gasteiger partial charge is 0.340 e. The van der Waals surface area contributed by atoms with Crippen LogP contribution in [0.5, 0.6) is 0 Å². The van der Waals surface area contributed by atoms with E-state index in [1.165, 1.54) is 24.3 Å². The molecule has 0 aliphatic carbocycles. The minimum Gasteiger partial charge on any atom is -0.462 e. The second-order valence-electron chi connectivity index (χ2n) is 3.29. The SMILES string of the molecule is CCOC(=O)/C(=C/c1cccc([N+](=O)[O-])c1)N=[N+]=[N-]. The summed E-state index contributed by atoms with van der Waals surface area (Å²) in [6.07, 6.45) is 1.23. The molecule has 0 fully saturated rings. The van der Waals surface area contributed by atoms with Gasteiger partial charge in [0.05, 0.1) is 11.5 Å². The monoisotopic (exact) mass is 262 g/mol. The lowest BCUT2D eigenvalue weighted by Gasteiger charge is -2.01. The van der Waals surface area contributed by atoms with E-state index in [9.17, 15) is 14.9 Å². The molecular weight excluding hydrogens is 252 g/mol. The van der Waals surface area contributed by atoms with Gasteiger partial charge in [-0.3, -0.25) is 10.1 Å². The van der Waals surface area contributed by atoms with Crippen LogP contribution in [0.3, 0.4) is 0 Å². The van der Waals surface area contributed by atoms with Crippen LogP contribution in [0.25, 0.3) is 16.5 Å². The number of azide groups is 1. The number of carbonyl (C=O) groups excluding carboxylic acids is 1. The fourth-order valence-corrected chi connectivity index (χ4v) is 1.27. The fraction of sp³-hybridized carbons (Fsp3) is 0.182. The van der Waals surface area contributed by atoms with Gasteiger partial charge in [0, 0.05) is 17.0 Å². The lowest BCUT2D eigenvalue weighted by atomic mass is 10.1. The van der Waals surface area contributed by atoms with E-state index < -0.39 is 10.9 Å². The molecule has 1 rings (SSSR count). The number of rotatable bonds is 5. The summed E-state index contributed by atoms with van der Waals surface area (Å²) in [5.74, 6) is -0.785. The van der Waals surface area contributed by atoms with Crippen LogP contribution < -0.4 is 0 Å². The van der Waals surface area contributed by atoms with Crippen molar-refractivity contribution in [1.29, 1.82) is 0 Å². The van der Waals surface area contributed by atoms with E-state index in [1.807, 2.05) is 0 Å². The standard InChI is InChI=1S/C11H10N4O4/c1-2-19-11(16)10(13-14-12)7-8-4-3-5-9(6-8)15(17)18/h3-7H,2H2,1H3/b10-7-. The summed E-state index contributed by atoms with van der Waals surface area (Å²) in [6.45, 7) is 1.74. The van der Waals surface area contributed by atoms with Gasteiger partial charge in [-0.05, 0) is 24.1 Å². The molecule has 0 saturated heterocycles. The molecule has 0 bridgehead atoms. The summed E-state index contributed by atoms with van der Waals surface area (Å²) in [7, 11) is 0. The molecule has 1 aromatic rings. The Hall–Kier alpha value is -2.86. The van der Waals surface area contributed by atoms with Crippen LogP contribution in [0.1, 0.15) is 12.5 Å². The van der Waals surface area contributed by atoms with Gasteiger partial charge in [0.15, 0.2) is 0 Å². The highest BCUT2D eigenvalue weighted by molar-refractivity contribution is 5.93. The summed E-state index contributed by atoms with van der Waals surface area (Å²) in [5, 5.41) is 13.8. The van der Waals surface area contributed by atoms with Crippen LogP contribution in [0, 0.1) is 10.1 Å². The minimum atomic E-state index is -0.785. The molecule has 8 heteroatoms. The molecule has 0 aliphatic heterocycles. The third kappa shape index (κ3) is 4.14. The summed E-state index contributed by atoms with van der Waals surface area (Å²) in [6, 6.07) is 5.57. The van der Waals surface area contributed by atoms with Gasteiger partial charge in [0.1, 0.15) is 5.70 Å². The zero-order chi connectivity index (χ0) is 14.3. The van der Waals surface area contributed by atoms with Crippen LogP contribution in [0.4, 0.5) is 5.69 Å². The molecule has 0 spiro atoms. The molecule has 98 valence electrons. The van der Waals surface area contributed by atoms with E-state index in [0.29, 0.717) is 5.56 Å². The number of nitrogens with zero attached hydrogens (tertiary/aromatic N) is 4. The predicted octanol–water partition coefficient (Wildman–Crippen LogP) is 2.81. The number of hydrogen-bond acceptors (Lipinski definition) is 5. The molecule has 0 atom stereocenters. The third-order valence-electron chi connectivity index (χ3n) is 2.02. The first-order chi connectivity index (χ1) is 9.08. The molecular formula is C11H10N4O4. The zero-order valence-electron chi connectivity index (χ0n) is 10.0. The number of hydrogen-bond donors (Lipinski definition) is 0. The molecule has 0 aliphatic rings. The largest absolute Gasteiger partial charge is 0.462 e. The van der Waals surface area contributed by atoms with Crippen molar-refractivity contribution in [2.75, 3.05) is 6.61 Å². The Morgan fingerprint density at radius 3 is 2.95 bits per heavy atom. The maximum absolute atomic E-state index is 11.5. The third-order valence-corrected chi connectivity index (χ3v) is 2.02. The summed E-state index contributed by atoms with van der Waals surface area (Å²) < 4.78 is 4.70. The van der Waals surface area contributed by atoms with Gasteiger partial charge in [-0.2, -0.15) is 0 Å². The van der Waals surface area contributed by atoms with Gasteiger partial charge in [0.25, 0.3) is 5.69 Å². The minimum absolute atomic E-state index is 0.127. The summed E-state index contributed by atoms with van der Waals surface area (Å²) in [4.78, 5) is 24.0. The quantitative estimate of drug-likeness (QED) is 0.154. The second kappa shape index (κ2) is 6.77. The lowest BCUT2D eigenvalue weighted by molar-refractivity contribution is -0.384. The molecule has 8 nitrogen and oxygen atoms in total. The Balaban J connectivity index is 3.14. The number of nitro groups is 1. The van der Waals surface area contributed by atoms with Crippen molar-refractivity contribution < 1.29 is 14.5 Å². The maximum Gasteiger partial charge on any atom is 0.340 e. The van der Waals surface area contributed by atoms with E-state index in [4.69, 9.17) is 10.3 Å². The van der Waals surface area contributed by atoms with E-state index in [1.54, 1.807) is 13.0 Å². The van der Waals surface area contributed by atoms with Crippen molar-refractivity contribution in [2.45, 2.75) is 6.92 Å². The van der Waals surface area contributed by atoms with Gasteiger partial charge < -0.3 is 4.74 Å². The molecule has 1 aromatic carbocycles. The van der Waals surface area contributed by atoms with Crippen LogP contribution in [0.15, 0.2) is 35.1 Å². The van der Waals surface area contributed by atoms with E-state index in [2.05, 4.69) is 10.0 Å². The molecule has 0 unspecified atom stereocenters. The molecule has 0 aromatic heterocycles. The molecule has 0 N–H and O–H groups in total. The Morgan fingerprint density at radius 1 is 1.63 bits per heavy atom. The number of nitro benzene ring substituents is 1. The van der Waals surface area contributed by atoms with Gasteiger partial charge in [0.2, 0.25) is 0 Å². The average Bonchev–Trinajstić information content (AvgIpc) is 2.39. The van der Waals surface area contributed by atoms with Crippen LogP contribution >= 0.6 is 0 Å². The number of non-ortho nitro benzene ring substituents is 1. The lowest BCUT2D eigenvalue weighted by Crippen LogP contribution is -2.05. The van der Waals surface area contributed by atoms with Gasteiger partial charge in [-0.15, -0.1) is 0 Å². The van der Waals surface area contributed by atoms with E-state index >= 15 is 0 Å². The van der Waals surface area contributed by atoms with Crippen LogP contribution in [-0.4, -0.2) is 17.5 Å². The van der Waals surface area contributed by atoms with E-state index in [0.717, 1.165) is 0 Å². The maximum atomic E-state index is 11.5.